The van der Waals surface area contributed by atoms with Crippen molar-refractivity contribution < 1.29 is 9.53 Å². The summed E-state index contributed by atoms with van der Waals surface area (Å²) < 4.78 is 5.71. The molecule has 1 aromatic carbocycles. The fraction of sp³-hybridized carbons (Fsp3) is 0.375. The molecule has 0 spiro atoms. The van der Waals surface area contributed by atoms with Gasteiger partial charge in [0.15, 0.2) is 11.2 Å². The minimum absolute atomic E-state index is 0.0127. The number of ether oxygens (including phenoxy) is 1. The van der Waals surface area contributed by atoms with Gasteiger partial charge in [0, 0.05) is 42.8 Å². The molecule has 122 valence electrons. The molecule has 0 saturated carbocycles. The van der Waals surface area contributed by atoms with Gasteiger partial charge in [0.25, 0.3) is 5.91 Å². The number of carbonyl (C=O) groups excluding carboxylic acids is 1. The van der Waals surface area contributed by atoms with E-state index in [1.165, 1.54) is 0 Å². The maximum Gasteiger partial charge on any atom is 0.263 e. The number of anilines is 1. The van der Waals surface area contributed by atoms with Crippen molar-refractivity contribution in [1.82, 2.24) is 9.88 Å². The summed E-state index contributed by atoms with van der Waals surface area (Å²) in [5, 5.41) is 3.63. The lowest BCUT2D eigenvalue weighted by molar-refractivity contribution is -0.138. The summed E-state index contributed by atoms with van der Waals surface area (Å²) in [4.78, 5) is 20.9. The highest BCUT2D eigenvalue weighted by atomic mass is 35.5. The summed E-state index contributed by atoms with van der Waals surface area (Å²) >= 11 is 7.47. The summed E-state index contributed by atoms with van der Waals surface area (Å²) in [6.45, 7) is 4.75. The summed E-state index contributed by atoms with van der Waals surface area (Å²) in [6.07, 6.45) is 1.29. The Morgan fingerprint density at radius 3 is 2.57 bits per heavy atom. The number of amides is 1. The molecule has 0 aliphatic carbocycles. The first-order chi connectivity index (χ1) is 11.1. The van der Waals surface area contributed by atoms with E-state index in [0.717, 1.165) is 18.2 Å². The number of hydrogen-bond donors (Lipinski definition) is 0. The summed E-state index contributed by atoms with van der Waals surface area (Å²) in [7, 11) is 0. The fourth-order valence-electron chi connectivity index (χ4n) is 2.52. The van der Waals surface area contributed by atoms with E-state index >= 15 is 0 Å². The molecule has 2 heterocycles. The lowest BCUT2D eigenvalue weighted by atomic mass is 10.2. The van der Waals surface area contributed by atoms with Crippen LogP contribution >= 0.6 is 22.9 Å². The SMILES string of the molecule is C[C@@H](Oc1ccc(Cl)cc1)C(=O)N1CCN(c2nccs2)CC1. The van der Waals surface area contributed by atoms with E-state index < -0.39 is 6.10 Å². The van der Waals surface area contributed by atoms with E-state index in [0.29, 0.717) is 23.9 Å². The Labute approximate surface area is 144 Å². The third-order valence-corrected chi connectivity index (χ3v) is 4.84. The number of halogens is 1. The van der Waals surface area contributed by atoms with Crippen LogP contribution in [0.5, 0.6) is 5.75 Å². The molecule has 1 aromatic heterocycles. The van der Waals surface area contributed by atoms with Gasteiger partial charge in [-0.2, -0.15) is 0 Å². The lowest BCUT2D eigenvalue weighted by Gasteiger charge is -2.35. The molecule has 23 heavy (non-hydrogen) atoms. The van der Waals surface area contributed by atoms with Crippen LogP contribution in [0.2, 0.25) is 5.02 Å². The number of hydrogen-bond acceptors (Lipinski definition) is 5. The first kappa shape index (κ1) is 16.1. The van der Waals surface area contributed by atoms with Crippen molar-refractivity contribution in [2.75, 3.05) is 31.1 Å². The lowest BCUT2D eigenvalue weighted by Crippen LogP contribution is -2.52. The topological polar surface area (TPSA) is 45.7 Å². The number of benzene rings is 1. The fourth-order valence-corrected chi connectivity index (χ4v) is 3.34. The Bertz CT molecular complexity index is 640. The first-order valence-corrected chi connectivity index (χ1v) is 8.75. The van der Waals surface area contributed by atoms with Crippen molar-refractivity contribution in [3.8, 4) is 5.75 Å². The predicted molar refractivity (Wildman–Crippen MR) is 92.4 cm³/mol. The van der Waals surface area contributed by atoms with E-state index in [-0.39, 0.29) is 5.91 Å². The highest BCUT2D eigenvalue weighted by Crippen LogP contribution is 2.20. The van der Waals surface area contributed by atoms with Crippen LogP contribution in [-0.2, 0) is 4.79 Å². The highest BCUT2D eigenvalue weighted by Gasteiger charge is 2.26. The molecule has 1 fully saturated rings. The predicted octanol–water partition coefficient (Wildman–Crippen LogP) is 2.91. The Hall–Kier alpha value is -1.79. The molecular formula is C16H18ClN3O2S. The number of thiazole rings is 1. The maximum atomic E-state index is 12.5. The van der Waals surface area contributed by atoms with Crippen molar-refractivity contribution in [2.45, 2.75) is 13.0 Å². The molecule has 1 saturated heterocycles. The van der Waals surface area contributed by atoms with Crippen LogP contribution in [0.4, 0.5) is 5.13 Å². The minimum atomic E-state index is -0.511. The second-order valence-corrected chi connectivity index (χ2v) is 6.65. The quantitative estimate of drug-likeness (QED) is 0.849. The normalized spacial score (nSPS) is 16.3. The van der Waals surface area contributed by atoms with Gasteiger partial charge in [-0.15, -0.1) is 11.3 Å². The maximum absolute atomic E-state index is 12.5. The molecule has 3 rings (SSSR count). The minimum Gasteiger partial charge on any atom is -0.481 e. The standard InChI is InChI=1S/C16H18ClN3O2S/c1-12(22-14-4-2-13(17)3-5-14)15(21)19-7-9-20(10-8-19)16-18-6-11-23-16/h2-6,11-12H,7-10H2,1H3/t12-/m1/s1. The van der Waals surface area contributed by atoms with Crippen LogP contribution < -0.4 is 9.64 Å². The third kappa shape index (κ3) is 3.95. The van der Waals surface area contributed by atoms with Crippen LogP contribution in [0.3, 0.4) is 0 Å². The molecule has 1 aliphatic rings. The Balaban J connectivity index is 1.53. The molecule has 2 aromatic rings. The number of aromatic nitrogens is 1. The monoisotopic (exact) mass is 351 g/mol. The van der Waals surface area contributed by atoms with Gasteiger partial charge in [0.1, 0.15) is 5.75 Å². The molecule has 0 bridgehead atoms. The van der Waals surface area contributed by atoms with Gasteiger partial charge < -0.3 is 14.5 Å². The first-order valence-electron chi connectivity index (χ1n) is 7.49. The molecule has 0 unspecified atom stereocenters. The number of rotatable bonds is 4. The Morgan fingerprint density at radius 2 is 1.96 bits per heavy atom. The summed E-state index contributed by atoms with van der Waals surface area (Å²) in [5.41, 5.74) is 0. The molecule has 1 atom stereocenters. The van der Waals surface area contributed by atoms with Crippen molar-refractivity contribution in [1.29, 1.82) is 0 Å². The Kier molecular flexibility index (Phi) is 5.03. The van der Waals surface area contributed by atoms with E-state index in [2.05, 4.69) is 9.88 Å². The van der Waals surface area contributed by atoms with Gasteiger partial charge in [-0.25, -0.2) is 4.98 Å². The number of piperazine rings is 1. The van der Waals surface area contributed by atoms with Gasteiger partial charge >= 0.3 is 0 Å². The van der Waals surface area contributed by atoms with Crippen molar-refractivity contribution >= 4 is 34.0 Å². The zero-order valence-corrected chi connectivity index (χ0v) is 14.4. The average Bonchev–Trinajstić information content (AvgIpc) is 3.11. The molecule has 7 heteroatoms. The molecule has 0 N–H and O–H groups in total. The van der Waals surface area contributed by atoms with Crippen LogP contribution in [0, 0.1) is 0 Å². The van der Waals surface area contributed by atoms with Crippen LogP contribution in [-0.4, -0.2) is 48.1 Å². The van der Waals surface area contributed by atoms with E-state index in [1.807, 2.05) is 10.3 Å². The molecule has 5 nitrogen and oxygen atoms in total. The molecule has 1 aliphatic heterocycles. The van der Waals surface area contributed by atoms with E-state index in [9.17, 15) is 4.79 Å². The largest absolute Gasteiger partial charge is 0.481 e. The van der Waals surface area contributed by atoms with Crippen LogP contribution in [0.1, 0.15) is 6.92 Å². The summed E-state index contributed by atoms with van der Waals surface area (Å²) in [5.74, 6) is 0.662. The van der Waals surface area contributed by atoms with Crippen molar-refractivity contribution in [3.63, 3.8) is 0 Å². The van der Waals surface area contributed by atoms with Gasteiger partial charge in [0.2, 0.25) is 0 Å². The van der Waals surface area contributed by atoms with Gasteiger partial charge in [-0.1, -0.05) is 11.6 Å². The van der Waals surface area contributed by atoms with Crippen molar-refractivity contribution in [2.24, 2.45) is 0 Å². The van der Waals surface area contributed by atoms with Crippen LogP contribution in [0.15, 0.2) is 35.8 Å². The molecule has 0 radical (unpaired) electrons. The van der Waals surface area contributed by atoms with Gasteiger partial charge in [0.05, 0.1) is 0 Å². The number of carbonyl (C=O) groups is 1. The zero-order valence-electron chi connectivity index (χ0n) is 12.8. The van der Waals surface area contributed by atoms with E-state index in [1.54, 1.807) is 48.7 Å². The molecule has 1 amide bonds. The second-order valence-electron chi connectivity index (χ2n) is 5.34. The third-order valence-electron chi connectivity index (χ3n) is 3.76. The average molecular weight is 352 g/mol. The second kappa shape index (κ2) is 7.19. The Morgan fingerprint density at radius 1 is 1.26 bits per heavy atom. The van der Waals surface area contributed by atoms with Crippen molar-refractivity contribution in [3.05, 3.63) is 40.9 Å². The highest BCUT2D eigenvalue weighted by molar-refractivity contribution is 7.13. The molecular weight excluding hydrogens is 334 g/mol. The number of nitrogens with zero attached hydrogens (tertiary/aromatic N) is 3. The smallest absolute Gasteiger partial charge is 0.263 e. The van der Waals surface area contributed by atoms with Gasteiger partial charge in [-0.3, -0.25) is 4.79 Å². The van der Waals surface area contributed by atoms with E-state index in [4.69, 9.17) is 16.3 Å². The zero-order chi connectivity index (χ0) is 16.2. The summed E-state index contributed by atoms with van der Waals surface area (Å²) in [6, 6.07) is 7.04. The van der Waals surface area contributed by atoms with Gasteiger partial charge in [-0.05, 0) is 31.2 Å². The van der Waals surface area contributed by atoms with Crippen LogP contribution in [0.25, 0.3) is 0 Å².